The van der Waals surface area contributed by atoms with Gasteiger partial charge in [0.05, 0.1) is 14.2 Å². The molecular formula is C18H29N3O2. The molecule has 1 fully saturated rings. The average Bonchev–Trinajstić information content (AvgIpc) is 2.59. The summed E-state index contributed by atoms with van der Waals surface area (Å²) in [6, 6.07) is 5.59. The molecule has 5 nitrogen and oxygen atoms in total. The second-order valence-electron chi connectivity index (χ2n) is 6.11. The largest absolute Gasteiger partial charge is 0.493 e. The Hall–Kier alpha value is -1.91. The summed E-state index contributed by atoms with van der Waals surface area (Å²) >= 11 is 0. The first-order valence-corrected chi connectivity index (χ1v) is 8.52. The molecule has 0 atom stereocenters. The van der Waals surface area contributed by atoms with Crippen LogP contribution in [-0.2, 0) is 0 Å². The Labute approximate surface area is 139 Å². The summed E-state index contributed by atoms with van der Waals surface area (Å²) in [6.45, 7) is 0.780. The standard InChI is InChI=1S/C18H29N3O2/c1-22-16-11-10-15(13-17(16)23-2)21-18(19)20-12-6-9-14-7-4-3-5-8-14/h10-11,13-14H,3-9,12H2,1-2H3,(H3,19,20,21). The number of aliphatic imine (C=N–C) groups is 1. The van der Waals surface area contributed by atoms with Crippen molar-refractivity contribution in [2.75, 3.05) is 26.1 Å². The molecule has 3 N–H and O–H groups in total. The van der Waals surface area contributed by atoms with Crippen molar-refractivity contribution in [1.29, 1.82) is 0 Å². The third kappa shape index (κ3) is 5.66. The van der Waals surface area contributed by atoms with Crippen molar-refractivity contribution in [2.24, 2.45) is 16.6 Å². The van der Waals surface area contributed by atoms with E-state index in [1.54, 1.807) is 14.2 Å². The molecule has 1 saturated carbocycles. The monoisotopic (exact) mass is 319 g/mol. The smallest absolute Gasteiger partial charge is 0.193 e. The van der Waals surface area contributed by atoms with Gasteiger partial charge in [-0.3, -0.25) is 4.99 Å². The first-order valence-electron chi connectivity index (χ1n) is 8.52. The van der Waals surface area contributed by atoms with Crippen molar-refractivity contribution in [3.63, 3.8) is 0 Å². The third-order valence-corrected chi connectivity index (χ3v) is 4.43. The third-order valence-electron chi connectivity index (χ3n) is 4.43. The van der Waals surface area contributed by atoms with E-state index in [0.29, 0.717) is 17.5 Å². The maximum absolute atomic E-state index is 5.95. The van der Waals surface area contributed by atoms with E-state index in [1.165, 1.54) is 38.5 Å². The molecule has 0 heterocycles. The molecule has 1 aromatic rings. The number of benzene rings is 1. The lowest BCUT2D eigenvalue weighted by molar-refractivity contribution is 0.334. The van der Waals surface area contributed by atoms with Crippen molar-refractivity contribution >= 4 is 11.6 Å². The predicted molar refractivity (Wildman–Crippen MR) is 95.5 cm³/mol. The summed E-state index contributed by atoms with van der Waals surface area (Å²) in [4.78, 5) is 4.41. The topological polar surface area (TPSA) is 68.9 Å². The highest BCUT2D eigenvalue weighted by atomic mass is 16.5. The van der Waals surface area contributed by atoms with E-state index >= 15 is 0 Å². The highest BCUT2D eigenvalue weighted by Gasteiger charge is 2.12. The summed E-state index contributed by atoms with van der Waals surface area (Å²) in [5.41, 5.74) is 6.80. The van der Waals surface area contributed by atoms with Crippen LogP contribution in [0.5, 0.6) is 11.5 Å². The molecule has 0 spiro atoms. The zero-order valence-corrected chi connectivity index (χ0v) is 14.3. The molecule has 0 aromatic heterocycles. The minimum Gasteiger partial charge on any atom is -0.493 e. The average molecular weight is 319 g/mol. The number of rotatable bonds is 7. The van der Waals surface area contributed by atoms with Crippen molar-refractivity contribution in [3.8, 4) is 11.5 Å². The van der Waals surface area contributed by atoms with Gasteiger partial charge in [-0.05, 0) is 30.9 Å². The highest BCUT2D eigenvalue weighted by molar-refractivity contribution is 5.92. The molecule has 0 radical (unpaired) electrons. The van der Waals surface area contributed by atoms with Crippen LogP contribution in [0.4, 0.5) is 5.69 Å². The number of guanidine groups is 1. The van der Waals surface area contributed by atoms with Crippen molar-refractivity contribution in [1.82, 2.24) is 0 Å². The van der Waals surface area contributed by atoms with Crippen LogP contribution in [0.15, 0.2) is 23.2 Å². The maximum atomic E-state index is 5.95. The molecule has 5 heteroatoms. The molecule has 23 heavy (non-hydrogen) atoms. The number of ether oxygens (including phenoxy) is 2. The molecule has 0 saturated heterocycles. The summed E-state index contributed by atoms with van der Waals surface area (Å²) in [5, 5.41) is 3.10. The van der Waals surface area contributed by atoms with E-state index in [1.807, 2.05) is 18.2 Å². The number of nitrogens with zero attached hydrogens (tertiary/aromatic N) is 1. The van der Waals surface area contributed by atoms with E-state index in [4.69, 9.17) is 15.2 Å². The van der Waals surface area contributed by atoms with Crippen LogP contribution in [-0.4, -0.2) is 26.7 Å². The van der Waals surface area contributed by atoms with Gasteiger partial charge in [0.1, 0.15) is 0 Å². The summed E-state index contributed by atoms with van der Waals surface area (Å²) in [6.07, 6.45) is 9.38. The van der Waals surface area contributed by atoms with E-state index in [9.17, 15) is 0 Å². The van der Waals surface area contributed by atoms with Crippen LogP contribution in [0.2, 0.25) is 0 Å². The molecule has 128 valence electrons. The normalized spacial score (nSPS) is 16.2. The zero-order chi connectivity index (χ0) is 16.5. The van der Waals surface area contributed by atoms with Gasteiger partial charge < -0.3 is 20.5 Å². The molecule has 0 amide bonds. The van der Waals surface area contributed by atoms with Crippen LogP contribution in [0, 0.1) is 5.92 Å². The molecule has 0 bridgehead atoms. The minimum atomic E-state index is 0.445. The molecule has 0 unspecified atom stereocenters. The van der Waals surface area contributed by atoms with Crippen LogP contribution in [0.1, 0.15) is 44.9 Å². The Bertz CT molecular complexity index is 511. The number of nitrogens with two attached hydrogens (primary N) is 1. The number of anilines is 1. The van der Waals surface area contributed by atoms with E-state index in [2.05, 4.69) is 10.3 Å². The van der Waals surface area contributed by atoms with Crippen molar-refractivity contribution in [2.45, 2.75) is 44.9 Å². The first kappa shape index (κ1) is 17.4. The summed E-state index contributed by atoms with van der Waals surface area (Å²) < 4.78 is 10.5. The van der Waals surface area contributed by atoms with E-state index < -0.39 is 0 Å². The molecular weight excluding hydrogens is 290 g/mol. The fourth-order valence-corrected chi connectivity index (χ4v) is 3.16. The summed E-state index contributed by atoms with van der Waals surface area (Å²) in [5.74, 6) is 2.71. The lowest BCUT2D eigenvalue weighted by Crippen LogP contribution is -2.23. The number of nitrogens with one attached hydrogen (secondary N) is 1. The summed E-state index contributed by atoms with van der Waals surface area (Å²) in [7, 11) is 3.23. The van der Waals surface area contributed by atoms with Gasteiger partial charge in [0.15, 0.2) is 17.5 Å². The van der Waals surface area contributed by atoms with Crippen LogP contribution >= 0.6 is 0 Å². The van der Waals surface area contributed by atoms with Crippen molar-refractivity contribution < 1.29 is 9.47 Å². The minimum absolute atomic E-state index is 0.445. The Morgan fingerprint density at radius 2 is 1.91 bits per heavy atom. The van der Waals surface area contributed by atoms with Crippen LogP contribution in [0.25, 0.3) is 0 Å². The number of methoxy groups -OCH3 is 2. The van der Waals surface area contributed by atoms with Gasteiger partial charge in [0, 0.05) is 18.3 Å². The first-order chi connectivity index (χ1) is 11.2. The quantitative estimate of drug-likeness (QED) is 0.456. The second-order valence-corrected chi connectivity index (χ2v) is 6.11. The fourth-order valence-electron chi connectivity index (χ4n) is 3.16. The lowest BCUT2D eigenvalue weighted by atomic mass is 9.86. The van der Waals surface area contributed by atoms with Gasteiger partial charge in [-0.2, -0.15) is 0 Å². The Balaban J connectivity index is 1.77. The van der Waals surface area contributed by atoms with Gasteiger partial charge in [-0.1, -0.05) is 32.1 Å². The number of hydrogen-bond donors (Lipinski definition) is 2. The molecule has 1 aliphatic rings. The predicted octanol–water partition coefficient (Wildman–Crippen LogP) is 3.79. The van der Waals surface area contributed by atoms with Gasteiger partial charge in [0.2, 0.25) is 0 Å². The van der Waals surface area contributed by atoms with Crippen molar-refractivity contribution in [3.05, 3.63) is 18.2 Å². The second kappa shape index (κ2) is 9.28. The molecule has 1 aromatic carbocycles. The highest BCUT2D eigenvalue weighted by Crippen LogP contribution is 2.29. The molecule has 1 aliphatic carbocycles. The van der Waals surface area contributed by atoms with Gasteiger partial charge in [0.25, 0.3) is 0 Å². The Morgan fingerprint density at radius 3 is 2.61 bits per heavy atom. The SMILES string of the molecule is COc1ccc(NC(N)=NCCCC2CCCCC2)cc1OC. The van der Waals surface area contributed by atoms with Gasteiger partial charge in [-0.25, -0.2) is 0 Å². The Kier molecular flexibility index (Phi) is 7.04. The maximum Gasteiger partial charge on any atom is 0.193 e. The van der Waals surface area contributed by atoms with E-state index in [0.717, 1.165) is 24.6 Å². The van der Waals surface area contributed by atoms with Crippen LogP contribution < -0.4 is 20.5 Å². The zero-order valence-electron chi connectivity index (χ0n) is 14.3. The van der Waals surface area contributed by atoms with E-state index in [-0.39, 0.29) is 0 Å². The number of hydrogen-bond acceptors (Lipinski definition) is 3. The van der Waals surface area contributed by atoms with Gasteiger partial charge >= 0.3 is 0 Å². The van der Waals surface area contributed by atoms with Crippen LogP contribution in [0.3, 0.4) is 0 Å². The molecule has 0 aliphatic heterocycles. The van der Waals surface area contributed by atoms with Gasteiger partial charge in [-0.15, -0.1) is 0 Å². The lowest BCUT2D eigenvalue weighted by Gasteiger charge is -2.20. The molecule has 2 rings (SSSR count). The Morgan fingerprint density at radius 1 is 1.17 bits per heavy atom. The fraction of sp³-hybridized carbons (Fsp3) is 0.611.